The van der Waals surface area contributed by atoms with E-state index < -0.39 is 6.17 Å². The van der Waals surface area contributed by atoms with Crippen molar-refractivity contribution in [2.24, 2.45) is 0 Å². The highest BCUT2D eigenvalue weighted by Gasteiger charge is 2.28. The van der Waals surface area contributed by atoms with Crippen LogP contribution in [0.15, 0.2) is 4.42 Å². The van der Waals surface area contributed by atoms with E-state index in [1.165, 1.54) is 0 Å². The Labute approximate surface area is 139 Å². The van der Waals surface area contributed by atoms with Crippen LogP contribution in [-0.4, -0.2) is 45.8 Å². The number of nitrogens with one attached hydrogen (secondary N) is 2. The van der Waals surface area contributed by atoms with Crippen molar-refractivity contribution in [1.29, 1.82) is 0 Å². The summed E-state index contributed by atoms with van der Waals surface area (Å²) in [6, 6.07) is -0.174. The summed E-state index contributed by atoms with van der Waals surface area (Å²) in [5.41, 5.74) is 1.44. The number of H-pyrrole nitrogens is 1. The maximum atomic E-state index is 13.3. The van der Waals surface area contributed by atoms with Crippen molar-refractivity contribution in [3.8, 4) is 0 Å². The molecule has 3 heterocycles. The normalized spacial score (nSPS) is 20.5. The number of aromatic amines is 1. The first-order chi connectivity index (χ1) is 11.4. The number of amides is 1. The number of furan rings is 1. The molecular formula is C16H22FN5O2. The number of rotatable bonds is 4. The molecule has 0 spiro atoms. The summed E-state index contributed by atoms with van der Waals surface area (Å²) in [4.78, 5) is 18.6. The molecule has 1 amide bonds. The summed E-state index contributed by atoms with van der Waals surface area (Å²) in [6.45, 7) is 6.12. The average molecular weight is 335 g/mol. The van der Waals surface area contributed by atoms with Crippen molar-refractivity contribution >= 4 is 5.91 Å². The van der Waals surface area contributed by atoms with Gasteiger partial charge in [-0.2, -0.15) is 5.10 Å². The Hall–Kier alpha value is -2.22. The van der Waals surface area contributed by atoms with Crippen LogP contribution in [0.25, 0.3) is 0 Å². The third kappa shape index (κ3) is 3.06. The Balaban J connectivity index is 1.69. The van der Waals surface area contributed by atoms with Crippen molar-refractivity contribution in [3.05, 3.63) is 34.3 Å². The van der Waals surface area contributed by atoms with E-state index in [-0.39, 0.29) is 11.9 Å². The van der Waals surface area contributed by atoms with E-state index in [0.29, 0.717) is 42.5 Å². The second-order valence-electron chi connectivity index (χ2n) is 6.31. The number of alkyl halides is 1. The molecule has 0 aromatic carbocycles. The van der Waals surface area contributed by atoms with Gasteiger partial charge in [0.1, 0.15) is 23.5 Å². The molecule has 3 rings (SSSR count). The van der Waals surface area contributed by atoms with Crippen LogP contribution >= 0.6 is 0 Å². The summed E-state index contributed by atoms with van der Waals surface area (Å²) in [5, 5.41) is 10.0. The van der Waals surface area contributed by atoms with Crippen LogP contribution in [0.2, 0.25) is 0 Å². The van der Waals surface area contributed by atoms with Crippen LogP contribution in [0.5, 0.6) is 0 Å². The average Bonchev–Trinajstić information content (AvgIpc) is 3.20. The number of hydrogen-bond donors (Lipinski definition) is 2. The molecule has 1 aliphatic rings. The predicted molar refractivity (Wildman–Crippen MR) is 85.4 cm³/mol. The molecular weight excluding hydrogens is 313 g/mol. The van der Waals surface area contributed by atoms with Gasteiger partial charge in [-0.25, -0.2) is 9.37 Å². The third-order valence-electron chi connectivity index (χ3n) is 4.45. The number of carbonyl (C=O) groups is 1. The van der Waals surface area contributed by atoms with Crippen LogP contribution in [0.4, 0.5) is 4.39 Å². The fraction of sp³-hybridized carbons (Fsp3) is 0.562. The van der Waals surface area contributed by atoms with Crippen molar-refractivity contribution in [3.63, 3.8) is 0 Å². The minimum absolute atomic E-state index is 0.123. The van der Waals surface area contributed by atoms with Crippen molar-refractivity contribution in [1.82, 2.24) is 25.4 Å². The van der Waals surface area contributed by atoms with Crippen molar-refractivity contribution in [2.45, 2.75) is 46.0 Å². The molecule has 8 heteroatoms. The lowest BCUT2D eigenvalue weighted by Gasteiger charge is -2.15. The highest BCUT2D eigenvalue weighted by atomic mass is 19.1. The molecule has 0 bridgehead atoms. The van der Waals surface area contributed by atoms with Gasteiger partial charge in [0.05, 0.1) is 18.2 Å². The van der Waals surface area contributed by atoms with Gasteiger partial charge in [-0.05, 0) is 20.8 Å². The molecule has 7 nitrogen and oxygen atoms in total. The highest BCUT2D eigenvalue weighted by molar-refractivity contribution is 5.96. The van der Waals surface area contributed by atoms with Gasteiger partial charge >= 0.3 is 0 Å². The largest absolute Gasteiger partial charge is 0.466 e. The molecule has 0 unspecified atom stereocenters. The lowest BCUT2D eigenvalue weighted by Crippen LogP contribution is -2.27. The van der Waals surface area contributed by atoms with Crippen LogP contribution in [0, 0.1) is 20.8 Å². The first-order valence-corrected chi connectivity index (χ1v) is 7.97. The number of aromatic nitrogens is 3. The summed E-state index contributed by atoms with van der Waals surface area (Å²) < 4.78 is 18.8. The minimum atomic E-state index is -0.864. The second-order valence-corrected chi connectivity index (χ2v) is 6.31. The maximum Gasteiger partial charge on any atom is 0.257 e. The summed E-state index contributed by atoms with van der Waals surface area (Å²) in [5.74, 6) is 2.35. The molecule has 1 fully saturated rings. The zero-order chi connectivity index (χ0) is 17.4. The van der Waals surface area contributed by atoms with E-state index in [4.69, 9.17) is 4.42 Å². The minimum Gasteiger partial charge on any atom is -0.466 e. The van der Waals surface area contributed by atoms with Crippen LogP contribution in [0.1, 0.15) is 51.6 Å². The lowest BCUT2D eigenvalue weighted by molar-refractivity contribution is 0.0779. The van der Waals surface area contributed by atoms with E-state index in [1.54, 1.807) is 18.9 Å². The van der Waals surface area contributed by atoms with Gasteiger partial charge in [0.25, 0.3) is 5.91 Å². The van der Waals surface area contributed by atoms with Gasteiger partial charge in [-0.3, -0.25) is 9.89 Å². The third-order valence-corrected chi connectivity index (χ3v) is 4.45. The SMILES string of the molecule is Cc1oc(C)c(C(=O)N(C)Cc2nc([C@H]3C[C@H](F)CN3)n[nH]2)c1C. The quantitative estimate of drug-likeness (QED) is 0.892. The first-order valence-electron chi connectivity index (χ1n) is 7.97. The van der Waals surface area contributed by atoms with E-state index in [0.717, 1.165) is 11.3 Å². The molecule has 1 saturated heterocycles. The Morgan fingerprint density at radius 1 is 1.38 bits per heavy atom. The zero-order valence-corrected chi connectivity index (χ0v) is 14.3. The zero-order valence-electron chi connectivity index (χ0n) is 14.3. The van der Waals surface area contributed by atoms with Gasteiger partial charge in [-0.15, -0.1) is 0 Å². The smallest absolute Gasteiger partial charge is 0.257 e. The van der Waals surface area contributed by atoms with E-state index in [2.05, 4.69) is 20.5 Å². The standard InChI is InChI=1S/C16H22FN5O2/c1-8-9(2)24-10(3)14(8)16(23)22(4)7-13-19-15(21-20-13)12-5-11(17)6-18-12/h11-12,18H,5-7H2,1-4H3,(H,19,20,21)/t11-,12+/m0/s1. The molecule has 2 aromatic rings. The Morgan fingerprint density at radius 2 is 2.12 bits per heavy atom. The number of nitrogens with zero attached hydrogens (tertiary/aromatic N) is 3. The van der Waals surface area contributed by atoms with Gasteiger partial charge in [-0.1, -0.05) is 0 Å². The number of carbonyl (C=O) groups excluding carboxylic acids is 1. The van der Waals surface area contributed by atoms with Crippen molar-refractivity contribution < 1.29 is 13.6 Å². The lowest BCUT2D eigenvalue weighted by atomic mass is 10.1. The molecule has 0 radical (unpaired) electrons. The second kappa shape index (κ2) is 6.35. The van der Waals surface area contributed by atoms with Gasteiger partial charge in [0.15, 0.2) is 5.82 Å². The number of aryl methyl sites for hydroxylation is 2. The molecule has 0 saturated carbocycles. The van der Waals surface area contributed by atoms with Gasteiger partial charge in [0, 0.05) is 25.6 Å². The van der Waals surface area contributed by atoms with E-state index in [1.807, 2.05) is 13.8 Å². The molecule has 0 aliphatic carbocycles. The van der Waals surface area contributed by atoms with Crippen LogP contribution in [-0.2, 0) is 6.54 Å². The first kappa shape index (κ1) is 16.6. The van der Waals surface area contributed by atoms with E-state index in [9.17, 15) is 9.18 Å². The summed E-state index contributed by atoms with van der Waals surface area (Å²) in [6.07, 6.45) is -0.491. The molecule has 2 aromatic heterocycles. The summed E-state index contributed by atoms with van der Waals surface area (Å²) in [7, 11) is 1.71. The number of hydrogen-bond acceptors (Lipinski definition) is 5. The Morgan fingerprint density at radius 3 is 2.71 bits per heavy atom. The van der Waals surface area contributed by atoms with Crippen molar-refractivity contribution in [2.75, 3.05) is 13.6 Å². The fourth-order valence-electron chi connectivity index (χ4n) is 3.02. The molecule has 1 aliphatic heterocycles. The summed E-state index contributed by atoms with van der Waals surface area (Å²) >= 11 is 0. The van der Waals surface area contributed by atoms with Gasteiger partial charge in [0.2, 0.25) is 0 Å². The Kier molecular flexibility index (Phi) is 4.40. The topological polar surface area (TPSA) is 87.1 Å². The van der Waals surface area contributed by atoms with Crippen LogP contribution < -0.4 is 5.32 Å². The van der Waals surface area contributed by atoms with Gasteiger partial charge < -0.3 is 14.6 Å². The monoisotopic (exact) mass is 335 g/mol. The maximum absolute atomic E-state index is 13.3. The number of halogens is 1. The molecule has 24 heavy (non-hydrogen) atoms. The van der Waals surface area contributed by atoms with E-state index >= 15 is 0 Å². The molecule has 130 valence electrons. The molecule has 2 atom stereocenters. The Bertz CT molecular complexity index is 754. The highest BCUT2D eigenvalue weighted by Crippen LogP contribution is 2.24. The predicted octanol–water partition coefficient (Wildman–Crippen LogP) is 1.97. The molecule has 2 N–H and O–H groups in total. The van der Waals surface area contributed by atoms with Crippen LogP contribution in [0.3, 0.4) is 0 Å². The fourth-order valence-corrected chi connectivity index (χ4v) is 3.02.